The SMILES string of the molecule is O=C(NC1CCc2ccccc21)C1CNCC2C(=O)OC(c3ccccc3)(c3ccccc3)N12. The van der Waals surface area contributed by atoms with E-state index in [1.165, 1.54) is 11.1 Å². The van der Waals surface area contributed by atoms with Crippen LogP contribution in [0.2, 0.25) is 0 Å². The van der Waals surface area contributed by atoms with E-state index in [4.69, 9.17) is 4.74 Å². The molecule has 0 radical (unpaired) electrons. The number of nitrogens with zero attached hydrogens (tertiary/aromatic N) is 1. The lowest BCUT2D eigenvalue weighted by atomic mass is 9.89. The Balaban J connectivity index is 1.41. The molecule has 0 bridgehead atoms. The van der Waals surface area contributed by atoms with E-state index in [9.17, 15) is 9.59 Å². The highest BCUT2D eigenvalue weighted by molar-refractivity contribution is 5.87. The van der Waals surface area contributed by atoms with Gasteiger partial charge < -0.3 is 15.4 Å². The summed E-state index contributed by atoms with van der Waals surface area (Å²) in [6, 6.07) is 26.6. The molecular weight excluding hydrogens is 426 g/mol. The molecule has 3 atom stereocenters. The Bertz CT molecular complexity index is 1170. The van der Waals surface area contributed by atoms with Crippen LogP contribution in [0.1, 0.15) is 34.7 Å². The van der Waals surface area contributed by atoms with Crippen LogP contribution in [0.4, 0.5) is 0 Å². The van der Waals surface area contributed by atoms with Crippen LogP contribution in [-0.4, -0.2) is 41.9 Å². The highest BCUT2D eigenvalue weighted by Crippen LogP contribution is 2.46. The average Bonchev–Trinajstić information content (AvgIpc) is 3.44. The smallest absolute Gasteiger partial charge is 0.327 e. The van der Waals surface area contributed by atoms with Crippen LogP contribution < -0.4 is 10.6 Å². The molecule has 6 heteroatoms. The highest BCUT2D eigenvalue weighted by atomic mass is 16.6. The van der Waals surface area contributed by atoms with Crippen molar-refractivity contribution >= 4 is 11.9 Å². The van der Waals surface area contributed by atoms with Gasteiger partial charge in [-0.05, 0) is 24.0 Å². The molecule has 6 nitrogen and oxygen atoms in total. The number of piperazine rings is 1. The summed E-state index contributed by atoms with van der Waals surface area (Å²) in [4.78, 5) is 29.0. The molecule has 0 spiro atoms. The Morgan fingerprint density at radius 2 is 1.56 bits per heavy atom. The van der Waals surface area contributed by atoms with Crippen molar-refractivity contribution in [2.75, 3.05) is 13.1 Å². The number of benzene rings is 3. The Labute approximate surface area is 198 Å². The van der Waals surface area contributed by atoms with Gasteiger partial charge in [0.05, 0.1) is 6.04 Å². The lowest BCUT2D eigenvalue weighted by Crippen LogP contribution is -2.66. The third kappa shape index (κ3) is 3.25. The summed E-state index contributed by atoms with van der Waals surface area (Å²) in [6.07, 6.45) is 1.84. The van der Waals surface area contributed by atoms with Gasteiger partial charge in [-0.15, -0.1) is 0 Å². The number of carbonyl (C=O) groups excluding carboxylic acids is 2. The van der Waals surface area contributed by atoms with Gasteiger partial charge in [0.15, 0.2) is 0 Å². The van der Waals surface area contributed by atoms with Crippen LogP contribution in [0.5, 0.6) is 0 Å². The third-order valence-corrected chi connectivity index (χ3v) is 7.31. The number of aryl methyl sites for hydroxylation is 1. The van der Waals surface area contributed by atoms with Crippen LogP contribution in [0.15, 0.2) is 84.9 Å². The standard InChI is InChI=1S/C28H27N3O3/c32-26(30-23-16-15-19-9-7-8-14-22(19)23)24-17-29-18-25-27(33)34-28(31(24)25,20-10-3-1-4-11-20)21-12-5-2-6-13-21/h1-14,23-25,29H,15-18H2,(H,30,32). The lowest BCUT2D eigenvalue weighted by Gasteiger charge is -2.44. The predicted molar refractivity (Wildman–Crippen MR) is 128 cm³/mol. The molecule has 2 saturated heterocycles. The van der Waals surface area contributed by atoms with E-state index < -0.39 is 17.8 Å². The number of amides is 1. The Hall–Kier alpha value is -3.48. The van der Waals surface area contributed by atoms with Crippen molar-refractivity contribution in [3.05, 3.63) is 107 Å². The maximum Gasteiger partial charge on any atom is 0.327 e. The van der Waals surface area contributed by atoms with E-state index in [0.29, 0.717) is 13.1 Å². The molecule has 3 aliphatic rings. The zero-order valence-electron chi connectivity index (χ0n) is 18.8. The largest absolute Gasteiger partial charge is 0.434 e. The summed E-state index contributed by atoms with van der Waals surface area (Å²) < 4.78 is 6.24. The first-order valence-electron chi connectivity index (χ1n) is 11.9. The molecule has 1 aliphatic carbocycles. The Kier molecular flexibility index (Phi) is 5.20. The summed E-state index contributed by atoms with van der Waals surface area (Å²) in [6.45, 7) is 0.880. The van der Waals surface area contributed by atoms with Crippen molar-refractivity contribution in [3.8, 4) is 0 Å². The van der Waals surface area contributed by atoms with E-state index in [2.05, 4.69) is 22.8 Å². The molecule has 34 heavy (non-hydrogen) atoms. The number of carbonyl (C=O) groups is 2. The van der Waals surface area contributed by atoms with Crippen LogP contribution in [0, 0.1) is 0 Å². The monoisotopic (exact) mass is 453 g/mol. The van der Waals surface area contributed by atoms with Crippen molar-refractivity contribution in [3.63, 3.8) is 0 Å². The number of rotatable bonds is 4. The van der Waals surface area contributed by atoms with Crippen LogP contribution in [-0.2, 0) is 26.5 Å². The fourth-order valence-electron chi connectivity index (χ4n) is 5.78. The van der Waals surface area contributed by atoms with Crippen molar-refractivity contribution in [1.29, 1.82) is 0 Å². The van der Waals surface area contributed by atoms with Gasteiger partial charge >= 0.3 is 5.97 Å². The molecule has 0 aromatic heterocycles. The van der Waals surface area contributed by atoms with E-state index in [1.54, 1.807) is 0 Å². The Morgan fingerprint density at radius 3 is 2.26 bits per heavy atom. The second kappa shape index (κ2) is 8.38. The fraction of sp³-hybridized carbons (Fsp3) is 0.286. The lowest BCUT2D eigenvalue weighted by molar-refractivity contribution is -0.153. The molecule has 3 aromatic rings. The first kappa shape index (κ1) is 21.1. The molecule has 2 heterocycles. The molecule has 3 aromatic carbocycles. The number of ether oxygens (including phenoxy) is 1. The zero-order chi connectivity index (χ0) is 23.1. The van der Waals surface area contributed by atoms with E-state index in [-0.39, 0.29) is 17.9 Å². The maximum absolute atomic E-state index is 13.8. The second-order valence-corrected chi connectivity index (χ2v) is 9.19. The minimum absolute atomic E-state index is 0.0221. The van der Waals surface area contributed by atoms with Crippen molar-refractivity contribution < 1.29 is 14.3 Å². The summed E-state index contributed by atoms with van der Waals surface area (Å²) in [7, 11) is 0. The number of esters is 1. The normalized spacial score (nSPS) is 25.3. The number of hydrogen-bond donors (Lipinski definition) is 2. The van der Waals surface area contributed by atoms with Gasteiger partial charge in [-0.3, -0.25) is 9.59 Å². The van der Waals surface area contributed by atoms with Crippen molar-refractivity contribution in [1.82, 2.24) is 15.5 Å². The van der Waals surface area contributed by atoms with Crippen LogP contribution in [0.3, 0.4) is 0 Å². The molecule has 2 aliphatic heterocycles. The summed E-state index contributed by atoms with van der Waals surface area (Å²) >= 11 is 0. The maximum atomic E-state index is 13.8. The number of fused-ring (bicyclic) bond motifs is 2. The van der Waals surface area contributed by atoms with Crippen molar-refractivity contribution in [2.24, 2.45) is 0 Å². The van der Waals surface area contributed by atoms with Gasteiger partial charge in [-0.25, -0.2) is 4.90 Å². The molecule has 172 valence electrons. The molecule has 3 unspecified atom stereocenters. The minimum Gasteiger partial charge on any atom is -0.434 e. The minimum atomic E-state index is -1.16. The van der Waals surface area contributed by atoms with E-state index in [0.717, 1.165) is 24.0 Å². The van der Waals surface area contributed by atoms with Crippen LogP contribution in [0.25, 0.3) is 0 Å². The zero-order valence-corrected chi connectivity index (χ0v) is 18.8. The summed E-state index contributed by atoms with van der Waals surface area (Å²) in [5, 5.41) is 6.58. The molecule has 2 N–H and O–H groups in total. The van der Waals surface area contributed by atoms with E-state index >= 15 is 0 Å². The highest BCUT2D eigenvalue weighted by Gasteiger charge is 2.60. The first-order valence-corrected chi connectivity index (χ1v) is 11.9. The van der Waals surface area contributed by atoms with Crippen molar-refractivity contribution in [2.45, 2.75) is 36.7 Å². The average molecular weight is 454 g/mol. The number of hydrogen-bond acceptors (Lipinski definition) is 5. The Morgan fingerprint density at radius 1 is 0.912 bits per heavy atom. The second-order valence-electron chi connectivity index (χ2n) is 9.19. The summed E-state index contributed by atoms with van der Waals surface area (Å²) in [5.41, 5.74) is 2.98. The van der Waals surface area contributed by atoms with E-state index in [1.807, 2.05) is 77.7 Å². The third-order valence-electron chi connectivity index (χ3n) is 7.31. The topological polar surface area (TPSA) is 70.7 Å². The molecule has 2 fully saturated rings. The van der Waals surface area contributed by atoms with Gasteiger partial charge in [0, 0.05) is 24.2 Å². The first-order chi connectivity index (χ1) is 16.7. The van der Waals surface area contributed by atoms with Gasteiger partial charge in [-0.1, -0.05) is 84.9 Å². The number of cyclic esters (lactones) is 1. The van der Waals surface area contributed by atoms with Gasteiger partial charge in [0.2, 0.25) is 11.6 Å². The molecule has 0 saturated carbocycles. The van der Waals surface area contributed by atoms with Gasteiger partial charge in [-0.2, -0.15) is 0 Å². The molecule has 1 amide bonds. The fourth-order valence-corrected chi connectivity index (χ4v) is 5.78. The quantitative estimate of drug-likeness (QED) is 0.595. The van der Waals surface area contributed by atoms with Gasteiger partial charge in [0.1, 0.15) is 12.1 Å². The van der Waals surface area contributed by atoms with Crippen LogP contribution >= 0.6 is 0 Å². The number of nitrogens with one attached hydrogen (secondary N) is 2. The molecular formula is C28H27N3O3. The summed E-state index contributed by atoms with van der Waals surface area (Å²) in [5.74, 6) is -0.405. The molecule has 6 rings (SSSR count). The predicted octanol–water partition coefficient (Wildman–Crippen LogP) is 2.89. The van der Waals surface area contributed by atoms with Gasteiger partial charge in [0.25, 0.3) is 0 Å².